The van der Waals surface area contributed by atoms with Crippen LogP contribution < -0.4 is 4.74 Å². The molecule has 1 saturated carbocycles. The maximum absolute atomic E-state index is 12.5. The van der Waals surface area contributed by atoms with Crippen LogP contribution in [0.3, 0.4) is 0 Å². The lowest BCUT2D eigenvalue weighted by Crippen LogP contribution is -2.32. The van der Waals surface area contributed by atoms with Gasteiger partial charge < -0.3 is 4.74 Å². The predicted molar refractivity (Wildman–Crippen MR) is 106 cm³/mol. The molecule has 142 valence electrons. The van der Waals surface area contributed by atoms with E-state index in [0.29, 0.717) is 29.0 Å². The van der Waals surface area contributed by atoms with Gasteiger partial charge in [0.05, 0.1) is 23.7 Å². The van der Waals surface area contributed by atoms with Gasteiger partial charge in [-0.15, -0.1) is 5.10 Å². The van der Waals surface area contributed by atoms with E-state index >= 15 is 0 Å². The van der Waals surface area contributed by atoms with Crippen LogP contribution in [0.4, 0.5) is 0 Å². The van der Waals surface area contributed by atoms with Crippen LogP contribution >= 0.6 is 11.8 Å². The molecule has 2 aliphatic rings. The van der Waals surface area contributed by atoms with Gasteiger partial charge in [-0.05, 0) is 49.4 Å². The number of rotatable bonds is 6. The van der Waals surface area contributed by atoms with Crippen LogP contribution in [-0.4, -0.2) is 33.3 Å². The molecule has 2 aromatic rings. The van der Waals surface area contributed by atoms with E-state index in [1.165, 1.54) is 11.8 Å². The molecule has 2 aliphatic carbocycles. The van der Waals surface area contributed by atoms with Crippen LogP contribution in [0.1, 0.15) is 68.2 Å². The molecule has 2 bridgehead atoms. The maximum atomic E-state index is 12.5. The third-order valence-electron chi connectivity index (χ3n) is 6.59. The van der Waals surface area contributed by atoms with Crippen LogP contribution in [0.2, 0.25) is 0 Å². The molecule has 0 amide bonds. The number of nitrogens with zero attached hydrogens (tertiary/aromatic N) is 3. The number of carbonyl (C=O) groups excluding carboxylic acids is 1. The van der Waals surface area contributed by atoms with E-state index in [-0.39, 0.29) is 16.6 Å². The monoisotopic (exact) mass is 383 g/mol. The third kappa shape index (κ3) is 2.85. The Balaban J connectivity index is 1.47. The highest BCUT2D eigenvalue weighted by Crippen LogP contribution is 2.66. The Kier molecular flexibility index (Phi) is 4.49. The number of aromatic nitrogens is 3. The first kappa shape index (κ1) is 18.4. The van der Waals surface area contributed by atoms with Crippen molar-refractivity contribution < 1.29 is 9.53 Å². The zero-order valence-corrected chi connectivity index (χ0v) is 17.1. The molecule has 1 heterocycles. The van der Waals surface area contributed by atoms with Crippen LogP contribution in [0.5, 0.6) is 5.75 Å². The number of ketones is 1. The van der Waals surface area contributed by atoms with Gasteiger partial charge in [-0.1, -0.05) is 32.5 Å². The summed E-state index contributed by atoms with van der Waals surface area (Å²) in [6, 6.07) is 7.26. The van der Waals surface area contributed by atoms with Crippen molar-refractivity contribution in [3.63, 3.8) is 0 Å². The Bertz CT molecular complexity index is 881. The normalized spacial score (nSPS) is 24.7. The van der Waals surface area contributed by atoms with Crippen molar-refractivity contribution in [3.8, 4) is 5.75 Å². The van der Waals surface area contributed by atoms with E-state index in [1.54, 1.807) is 12.1 Å². The van der Waals surface area contributed by atoms with Gasteiger partial charge in [0.25, 0.3) is 0 Å². The number of hydrogen-bond acceptors (Lipinski definition) is 6. The molecule has 0 radical (unpaired) electrons. The first-order valence-corrected chi connectivity index (χ1v) is 10.5. The van der Waals surface area contributed by atoms with E-state index in [9.17, 15) is 4.79 Å². The van der Waals surface area contributed by atoms with Crippen molar-refractivity contribution in [1.29, 1.82) is 0 Å². The van der Waals surface area contributed by atoms with E-state index in [1.807, 2.05) is 19.1 Å². The molecule has 5 nitrogen and oxygen atoms in total. The molecular weight excluding hydrogens is 358 g/mol. The van der Waals surface area contributed by atoms with Crippen molar-refractivity contribution in [2.45, 2.75) is 57.0 Å². The number of hydrogen-bond donors (Lipinski definition) is 0. The van der Waals surface area contributed by atoms with Gasteiger partial charge >= 0.3 is 0 Å². The Morgan fingerprint density at radius 1 is 1.22 bits per heavy atom. The number of fused-ring (bicyclic) bond motifs is 5. The van der Waals surface area contributed by atoms with Crippen LogP contribution in [0, 0.1) is 5.41 Å². The highest BCUT2D eigenvalue weighted by Gasteiger charge is 2.61. The topological polar surface area (TPSA) is 65.0 Å². The van der Waals surface area contributed by atoms with Crippen LogP contribution in [0.25, 0.3) is 0 Å². The summed E-state index contributed by atoms with van der Waals surface area (Å²) in [6.07, 6.45) is 2.31. The van der Waals surface area contributed by atoms with Crippen molar-refractivity contribution >= 4 is 17.5 Å². The zero-order valence-electron chi connectivity index (χ0n) is 16.3. The van der Waals surface area contributed by atoms with Crippen molar-refractivity contribution in [3.05, 3.63) is 41.2 Å². The average molecular weight is 384 g/mol. The van der Waals surface area contributed by atoms with Crippen molar-refractivity contribution in [2.24, 2.45) is 5.41 Å². The quantitative estimate of drug-likeness (QED) is 0.543. The molecule has 0 saturated heterocycles. The maximum Gasteiger partial charge on any atom is 0.209 e. The Labute approximate surface area is 164 Å². The summed E-state index contributed by atoms with van der Waals surface area (Å²) in [5.41, 5.74) is 3.05. The number of benzene rings is 1. The minimum atomic E-state index is 0.0529. The second-order valence-corrected chi connectivity index (χ2v) is 9.09. The molecule has 27 heavy (non-hydrogen) atoms. The van der Waals surface area contributed by atoms with Gasteiger partial charge in [0, 0.05) is 16.9 Å². The molecule has 0 N–H and O–H groups in total. The van der Waals surface area contributed by atoms with E-state index < -0.39 is 0 Å². The number of carbonyl (C=O) groups is 1. The molecule has 0 aliphatic heterocycles. The largest absolute Gasteiger partial charge is 0.494 e. The molecule has 4 rings (SSSR count). The van der Waals surface area contributed by atoms with Gasteiger partial charge in [0.2, 0.25) is 5.16 Å². The second kappa shape index (κ2) is 6.59. The molecule has 0 spiro atoms. The molecule has 2 unspecified atom stereocenters. The van der Waals surface area contributed by atoms with Gasteiger partial charge in [-0.2, -0.15) is 5.10 Å². The van der Waals surface area contributed by atoms with Crippen LogP contribution in [-0.2, 0) is 5.41 Å². The lowest BCUT2D eigenvalue weighted by atomic mass is 9.70. The zero-order chi connectivity index (χ0) is 19.2. The van der Waals surface area contributed by atoms with E-state index in [4.69, 9.17) is 9.72 Å². The number of thioether (sulfide) groups is 1. The summed E-state index contributed by atoms with van der Waals surface area (Å²) in [5, 5.41) is 9.40. The van der Waals surface area contributed by atoms with E-state index in [0.717, 1.165) is 30.0 Å². The predicted octanol–water partition coefficient (Wildman–Crippen LogP) is 4.42. The number of ether oxygens (including phenoxy) is 1. The lowest BCUT2D eigenvalue weighted by Gasteiger charge is -2.33. The average Bonchev–Trinajstić information content (AvgIpc) is 2.99. The smallest absolute Gasteiger partial charge is 0.209 e. The molecular formula is C21H25N3O2S. The van der Waals surface area contributed by atoms with Crippen LogP contribution in [0.15, 0.2) is 29.4 Å². The summed E-state index contributed by atoms with van der Waals surface area (Å²) in [5.74, 6) is 1.58. The lowest BCUT2D eigenvalue weighted by molar-refractivity contribution is 0.102. The fraction of sp³-hybridized carbons (Fsp3) is 0.524. The standard InChI is InChI=1S/C21H25N3O2S/c1-5-26-14-8-6-13(7-9-14)16(25)12-27-19-22-18-17(23-24-19)15-10-11-21(18,4)20(15,2)3/h6-9,15H,5,10-12H2,1-4H3. The van der Waals surface area contributed by atoms with Gasteiger partial charge in [-0.25, -0.2) is 4.98 Å². The molecule has 1 aromatic carbocycles. The Morgan fingerprint density at radius 2 is 1.96 bits per heavy atom. The SMILES string of the molecule is CCOc1ccc(C(=O)CSc2nnc3c(n2)C2(C)CCC3C2(C)C)cc1. The Morgan fingerprint density at radius 3 is 2.67 bits per heavy atom. The van der Waals surface area contributed by atoms with Gasteiger partial charge in [0.1, 0.15) is 5.75 Å². The van der Waals surface area contributed by atoms with Crippen molar-refractivity contribution in [2.75, 3.05) is 12.4 Å². The summed E-state index contributed by atoms with van der Waals surface area (Å²) < 4.78 is 5.42. The van der Waals surface area contributed by atoms with Crippen molar-refractivity contribution in [1.82, 2.24) is 15.2 Å². The van der Waals surface area contributed by atoms with Gasteiger partial charge in [0.15, 0.2) is 5.78 Å². The minimum Gasteiger partial charge on any atom is -0.494 e. The first-order chi connectivity index (χ1) is 12.9. The summed E-state index contributed by atoms with van der Waals surface area (Å²) >= 11 is 1.36. The molecule has 1 aromatic heterocycles. The fourth-order valence-electron chi connectivity index (χ4n) is 4.54. The molecule has 1 fully saturated rings. The molecule has 2 atom stereocenters. The summed E-state index contributed by atoms with van der Waals surface area (Å²) in [6.45, 7) is 9.48. The first-order valence-electron chi connectivity index (χ1n) is 9.51. The molecule has 6 heteroatoms. The minimum absolute atomic E-state index is 0.0529. The van der Waals surface area contributed by atoms with E-state index in [2.05, 4.69) is 31.0 Å². The van der Waals surface area contributed by atoms with Gasteiger partial charge in [-0.3, -0.25) is 4.79 Å². The highest BCUT2D eigenvalue weighted by atomic mass is 32.2. The Hall–Kier alpha value is -1.95. The second-order valence-electron chi connectivity index (χ2n) is 8.14. The third-order valence-corrected chi connectivity index (χ3v) is 7.43. The highest BCUT2D eigenvalue weighted by molar-refractivity contribution is 7.99. The summed E-state index contributed by atoms with van der Waals surface area (Å²) in [7, 11) is 0. The number of Topliss-reactive ketones (excluding diaryl/α,β-unsaturated/α-hetero) is 1. The fourth-order valence-corrected chi connectivity index (χ4v) is 5.22. The summed E-state index contributed by atoms with van der Waals surface area (Å²) in [4.78, 5) is 17.3.